The maximum atomic E-state index is 12.5. The molecule has 0 bridgehead atoms. The average Bonchev–Trinajstić information content (AvgIpc) is 3.33. The first-order valence-electron chi connectivity index (χ1n) is 8.56. The minimum Gasteiger partial charge on any atom is -0.468 e. The average molecular weight is 412 g/mol. The SMILES string of the molecule is CN(C)S(=O)(=O)c1cc(NC(=O)CN(Cc2ccco2)C2CC2)ccc1Cl. The van der Waals surface area contributed by atoms with Crippen LogP contribution < -0.4 is 5.32 Å². The Bertz CT molecular complexity index is 909. The van der Waals surface area contributed by atoms with Gasteiger partial charge in [-0.3, -0.25) is 9.69 Å². The van der Waals surface area contributed by atoms with Gasteiger partial charge in [0.1, 0.15) is 10.7 Å². The van der Waals surface area contributed by atoms with Crippen molar-refractivity contribution in [1.82, 2.24) is 9.21 Å². The lowest BCUT2D eigenvalue weighted by Crippen LogP contribution is -2.34. The second-order valence-electron chi connectivity index (χ2n) is 6.70. The molecule has 9 heteroatoms. The van der Waals surface area contributed by atoms with E-state index < -0.39 is 10.0 Å². The van der Waals surface area contributed by atoms with Crippen molar-refractivity contribution in [1.29, 1.82) is 0 Å². The number of amides is 1. The predicted molar refractivity (Wildman–Crippen MR) is 103 cm³/mol. The maximum absolute atomic E-state index is 12.5. The number of rotatable bonds is 8. The molecule has 1 aromatic heterocycles. The van der Waals surface area contributed by atoms with Gasteiger partial charge < -0.3 is 9.73 Å². The Hall–Kier alpha value is -1.87. The van der Waals surface area contributed by atoms with Crippen LogP contribution in [0.5, 0.6) is 0 Å². The zero-order valence-electron chi connectivity index (χ0n) is 15.2. The van der Waals surface area contributed by atoms with Crippen molar-refractivity contribution in [2.45, 2.75) is 30.3 Å². The second kappa shape index (κ2) is 8.02. The summed E-state index contributed by atoms with van der Waals surface area (Å²) >= 11 is 6.04. The minimum atomic E-state index is -3.70. The summed E-state index contributed by atoms with van der Waals surface area (Å²) in [5, 5.41) is 2.87. The molecule has 1 aliphatic carbocycles. The standard InChI is InChI=1S/C18H22ClN3O4S/c1-21(2)27(24,25)17-10-13(5-8-16(17)19)20-18(23)12-22(14-6-7-14)11-15-4-3-9-26-15/h3-5,8-10,14H,6-7,11-12H2,1-2H3,(H,20,23). The molecule has 0 aliphatic heterocycles. The Morgan fingerprint density at radius 2 is 2.04 bits per heavy atom. The second-order valence-corrected chi connectivity index (χ2v) is 9.22. The molecule has 1 heterocycles. The van der Waals surface area contributed by atoms with Gasteiger partial charge in [-0.1, -0.05) is 11.6 Å². The van der Waals surface area contributed by atoms with Gasteiger partial charge in [-0.2, -0.15) is 0 Å². The van der Waals surface area contributed by atoms with Gasteiger partial charge in [0.2, 0.25) is 15.9 Å². The molecule has 3 rings (SSSR count). The fourth-order valence-corrected chi connectivity index (χ4v) is 4.11. The third-order valence-electron chi connectivity index (χ3n) is 4.32. The summed E-state index contributed by atoms with van der Waals surface area (Å²) in [5.74, 6) is 0.588. The highest BCUT2D eigenvalue weighted by Gasteiger charge is 2.31. The van der Waals surface area contributed by atoms with Gasteiger partial charge in [0.05, 0.1) is 24.4 Å². The first-order valence-corrected chi connectivity index (χ1v) is 10.4. The molecular formula is C18H22ClN3O4S. The number of anilines is 1. The molecule has 1 N–H and O–H groups in total. The Labute approximate surface area is 163 Å². The van der Waals surface area contributed by atoms with Gasteiger partial charge in [0.25, 0.3) is 0 Å². The monoisotopic (exact) mass is 411 g/mol. The topological polar surface area (TPSA) is 82.9 Å². The number of carbonyl (C=O) groups is 1. The van der Waals surface area contributed by atoms with Crippen LogP contribution in [-0.4, -0.2) is 50.2 Å². The fourth-order valence-electron chi connectivity index (χ4n) is 2.72. The smallest absolute Gasteiger partial charge is 0.244 e. The Balaban J connectivity index is 1.70. The molecule has 1 aromatic carbocycles. The molecule has 1 amide bonds. The molecule has 1 fully saturated rings. The van der Waals surface area contributed by atoms with Crippen LogP contribution in [0.15, 0.2) is 45.9 Å². The lowest BCUT2D eigenvalue weighted by Gasteiger charge is -2.20. The van der Waals surface area contributed by atoms with Crippen molar-refractivity contribution >= 4 is 33.2 Å². The number of nitrogens with one attached hydrogen (secondary N) is 1. The van der Waals surface area contributed by atoms with E-state index in [0.717, 1.165) is 22.9 Å². The Kier molecular flexibility index (Phi) is 5.90. The van der Waals surface area contributed by atoms with Crippen molar-refractivity contribution < 1.29 is 17.6 Å². The van der Waals surface area contributed by atoms with Gasteiger partial charge in [-0.15, -0.1) is 0 Å². The zero-order valence-corrected chi connectivity index (χ0v) is 16.8. The summed E-state index contributed by atoms with van der Waals surface area (Å²) in [4.78, 5) is 14.5. The van der Waals surface area contributed by atoms with Crippen LogP contribution in [0.2, 0.25) is 5.02 Å². The summed E-state index contributed by atoms with van der Waals surface area (Å²) in [5.41, 5.74) is 0.388. The van der Waals surface area contributed by atoms with Crippen molar-refractivity contribution in [3.8, 4) is 0 Å². The fraction of sp³-hybridized carbons (Fsp3) is 0.389. The highest BCUT2D eigenvalue weighted by Crippen LogP contribution is 2.29. The van der Waals surface area contributed by atoms with Crippen LogP contribution in [-0.2, 0) is 21.4 Å². The molecule has 1 saturated carbocycles. The summed E-state index contributed by atoms with van der Waals surface area (Å²) in [6.07, 6.45) is 3.72. The van der Waals surface area contributed by atoms with Crippen LogP contribution in [0.3, 0.4) is 0 Å². The first-order chi connectivity index (χ1) is 12.8. The molecule has 0 unspecified atom stereocenters. The van der Waals surface area contributed by atoms with E-state index in [4.69, 9.17) is 16.0 Å². The molecule has 146 valence electrons. The van der Waals surface area contributed by atoms with E-state index >= 15 is 0 Å². The molecule has 2 aromatic rings. The van der Waals surface area contributed by atoms with Gasteiger partial charge in [0.15, 0.2) is 0 Å². The van der Waals surface area contributed by atoms with E-state index in [9.17, 15) is 13.2 Å². The van der Waals surface area contributed by atoms with Crippen molar-refractivity contribution in [2.75, 3.05) is 26.0 Å². The summed E-state index contributed by atoms with van der Waals surface area (Å²) < 4.78 is 31.2. The number of nitrogens with zero attached hydrogens (tertiary/aromatic N) is 2. The molecule has 0 radical (unpaired) electrons. The molecule has 0 spiro atoms. The highest BCUT2D eigenvalue weighted by molar-refractivity contribution is 7.89. The summed E-state index contributed by atoms with van der Waals surface area (Å²) in [6, 6.07) is 8.50. The molecular weight excluding hydrogens is 390 g/mol. The number of furan rings is 1. The maximum Gasteiger partial charge on any atom is 0.244 e. The normalized spacial score (nSPS) is 14.7. The lowest BCUT2D eigenvalue weighted by molar-refractivity contribution is -0.117. The highest BCUT2D eigenvalue weighted by atomic mass is 35.5. The molecule has 0 saturated heterocycles. The number of benzene rings is 1. The number of hydrogen-bond acceptors (Lipinski definition) is 5. The molecule has 7 nitrogen and oxygen atoms in total. The summed E-state index contributed by atoms with van der Waals surface area (Å²) in [6.45, 7) is 0.760. The molecule has 1 aliphatic rings. The Morgan fingerprint density at radius 3 is 2.63 bits per heavy atom. The van der Waals surface area contributed by atoms with Crippen molar-refractivity contribution in [2.24, 2.45) is 0 Å². The Morgan fingerprint density at radius 1 is 1.30 bits per heavy atom. The quantitative estimate of drug-likeness (QED) is 0.722. The van der Waals surface area contributed by atoms with Crippen LogP contribution in [0.1, 0.15) is 18.6 Å². The van der Waals surface area contributed by atoms with Gasteiger partial charge >= 0.3 is 0 Å². The van der Waals surface area contributed by atoms with Crippen LogP contribution >= 0.6 is 11.6 Å². The van der Waals surface area contributed by atoms with E-state index in [0.29, 0.717) is 18.3 Å². The van der Waals surface area contributed by atoms with E-state index in [-0.39, 0.29) is 22.4 Å². The van der Waals surface area contributed by atoms with Crippen LogP contribution in [0, 0.1) is 0 Å². The number of hydrogen-bond donors (Lipinski definition) is 1. The molecule has 27 heavy (non-hydrogen) atoms. The van der Waals surface area contributed by atoms with Crippen molar-refractivity contribution in [3.05, 3.63) is 47.4 Å². The largest absolute Gasteiger partial charge is 0.468 e. The third kappa shape index (κ3) is 4.90. The number of carbonyl (C=O) groups excluding carboxylic acids is 1. The van der Waals surface area contributed by atoms with Gasteiger partial charge in [-0.25, -0.2) is 12.7 Å². The van der Waals surface area contributed by atoms with Crippen molar-refractivity contribution in [3.63, 3.8) is 0 Å². The predicted octanol–water partition coefficient (Wildman–Crippen LogP) is 2.79. The van der Waals surface area contributed by atoms with Crippen LogP contribution in [0.4, 0.5) is 5.69 Å². The first kappa shape index (κ1) is 19.9. The zero-order chi connectivity index (χ0) is 19.6. The molecule has 0 atom stereocenters. The van der Waals surface area contributed by atoms with E-state index in [2.05, 4.69) is 10.2 Å². The third-order valence-corrected chi connectivity index (χ3v) is 6.62. The summed E-state index contributed by atoms with van der Waals surface area (Å²) in [7, 11) is -0.840. The van der Waals surface area contributed by atoms with Crippen LogP contribution in [0.25, 0.3) is 0 Å². The number of sulfonamides is 1. The lowest BCUT2D eigenvalue weighted by atomic mass is 10.3. The van der Waals surface area contributed by atoms with E-state index in [1.165, 1.54) is 26.2 Å². The minimum absolute atomic E-state index is 0.0402. The van der Waals surface area contributed by atoms with Gasteiger partial charge in [-0.05, 0) is 43.2 Å². The van der Waals surface area contributed by atoms with Gasteiger partial charge in [0, 0.05) is 25.8 Å². The number of halogens is 1. The van der Waals surface area contributed by atoms with E-state index in [1.807, 2.05) is 12.1 Å². The van der Waals surface area contributed by atoms with E-state index in [1.54, 1.807) is 12.3 Å².